The van der Waals surface area contributed by atoms with Crippen molar-refractivity contribution < 1.29 is 22.0 Å². The highest BCUT2D eigenvalue weighted by Gasteiger charge is 2.38. The van der Waals surface area contributed by atoms with Crippen LogP contribution in [0, 0.1) is 11.6 Å². The van der Waals surface area contributed by atoms with E-state index >= 15 is 0 Å². The monoisotopic (exact) mass is 318 g/mol. The molecule has 0 atom stereocenters. The number of hydrogen-bond acceptors (Lipinski definition) is 3. The van der Waals surface area contributed by atoms with Crippen LogP contribution in [-0.4, -0.2) is 31.3 Å². The first-order valence-corrected chi connectivity index (χ1v) is 7.93. The third-order valence-electron chi connectivity index (χ3n) is 3.72. The van der Waals surface area contributed by atoms with Gasteiger partial charge in [-0.15, -0.1) is 0 Å². The lowest BCUT2D eigenvalue weighted by Crippen LogP contribution is -2.43. The lowest BCUT2D eigenvalue weighted by Gasteiger charge is -2.32. The van der Waals surface area contributed by atoms with Crippen molar-refractivity contribution in [3.63, 3.8) is 0 Å². The van der Waals surface area contributed by atoms with E-state index in [1.807, 2.05) is 0 Å². The highest BCUT2D eigenvalue weighted by molar-refractivity contribution is 7.89. The van der Waals surface area contributed by atoms with Crippen molar-refractivity contribution in [2.24, 2.45) is 5.14 Å². The van der Waals surface area contributed by atoms with Gasteiger partial charge in [-0.25, -0.2) is 22.3 Å². The van der Waals surface area contributed by atoms with Gasteiger partial charge in [-0.2, -0.15) is 0 Å². The predicted molar refractivity (Wildman–Crippen MR) is 72.1 cm³/mol. The van der Waals surface area contributed by atoms with Crippen LogP contribution in [0.3, 0.4) is 0 Å². The first kappa shape index (κ1) is 15.8. The number of hydrogen-bond donors (Lipinski definition) is 1. The van der Waals surface area contributed by atoms with Gasteiger partial charge in [-0.1, -0.05) is 0 Å². The summed E-state index contributed by atoms with van der Waals surface area (Å²) in [5.41, 5.74) is -1.41. The second-order valence-corrected chi connectivity index (χ2v) is 7.18. The lowest BCUT2D eigenvalue weighted by atomic mass is 10.0. The van der Waals surface area contributed by atoms with Crippen molar-refractivity contribution in [3.8, 4) is 0 Å². The van der Waals surface area contributed by atoms with Gasteiger partial charge in [0.25, 0.3) is 5.91 Å². The molecule has 21 heavy (non-hydrogen) atoms. The van der Waals surface area contributed by atoms with Gasteiger partial charge in [0.2, 0.25) is 10.0 Å². The van der Waals surface area contributed by atoms with Crippen molar-refractivity contribution >= 4 is 15.9 Å². The molecule has 1 amide bonds. The second-order valence-electron chi connectivity index (χ2n) is 5.65. The van der Waals surface area contributed by atoms with E-state index in [4.69, 9.17) is 5.14 Å². The van der Waals surface area contributed by atoms with E-state index in [9.17, 15) is 22.0 Å². The Balaban J connectivity index is 2.57. The molecule has 116 valence electrons. The van der Waals surface area contributed by atoms with Crippen LogP contribution < -0.4 is 5.14 Å². The smallest absolute Gasteiger partial charge is 0.260 e. The summed E-state index contributed by atoms with van der Waals surface area (Å²) < 4.78 is 50.6. The zero-order chi connectivity index (χ0) is 16.0. The molecule has 8 heteroatoms. The highest BCUT2D eigenvalue weighted by Crippen LogP contribution is 2.31. The standard InChI is InChI=1S/C13H16F2N2O3S/c1-13(2)6-3-7-17(13)12(18)10-8(14)4-5-9(11(10)15)21(16,19)20/h4-5H,3,6-7H2,1-2H3,(H2,16,19,20). The molecule has 0 radical (unpaired) electrons. The van der Waals surface area contributed by atoms with Crippen molar-refractivity contribution in [1.82, 2.24) is 4.90 Å². The van der Waals surface area contributed by atoms with Crippen LogP contribution in [0.5, 0.6) is 0 Å². The van der Waals surface area contributed by atoms with Crippen LogP contribution in [0.15, 0.2) is 17.0 Å². The molecule has 1 saturated heterocycles. The molecule has 0 spiro atoms. The number of likely N-dealkylation sites (tertiary alicyclic amines) is 1. The Kier molecular flexibility index (Phi) is 3.79. The summed E-state index contributed by atoms with van der Waals surface area (Å²) in [6.45, 7) is 3.94. The van der Waals surface area contributed by atoms with E-state index in [1.165, 1.54) is 4.90 Å². The molecule has 0 aliphatic carbocycles. The van der Waals surface area contributed by atoms with E-state index in [2.05, 4.69) is 0 Å². The average molecular weight is 318 g/mol. The van der Waals surface area contributed by atoms with E-state index in [-0.39, 0.29) is 0 Å². The number of carbonyl (C=O) groups excluding carboxylic acids is 1. The minimum absolute atomic E-state index is 0.365. The quantitative estimate of drug-likeness (QED) is 0.900. The van der Waals surface area contributed by atoms with Crippen LogP contribution >= 0.6 is 0 Å². The number of benzene rings is 1. The third-order valence-corrected chi connectivity index (χ3v) is 4.65. The first-order chi connectivity index (χ1) is 9.55. The van der Waals surface area contributed by atoms with E-state index in [0.29, 0.717) is 19.0 Å². The van der Waals surface area contributed by atoms with E-state index < -0.39 is 43.6 Å². The Labute approximate surface area is 121 Å². The molecule has 1 aromatic rings. The predicted octanol–water partition coefficient (Wildman–Crippen LogP) is 1.63. The molecule has 2 rings (SSSR count). The van der Waals surface area contributed by atoms with E-state index in [1.54, 1.807) is 13.8 Å². The number of nitrogens with two attached hydrogens (primary N) is 1. The number of halogens is 2. The number of primary sulfonamides is 1. The first-order valence-electron chi connectivity index (χ1n) is 6.38. The summed E-state index contributed by atoms with van der Waals surface area (Å²) in [6.07, 6.45) is 1.42. The third kappa shape index (κ3) is 2.77. The largest absolute Gasteiger partial charge is 0.333 e. The molecule has 0 aromatic heterocycles. The maximum absolute atomic E-state index is 14.2. The normalized spacial score (nSPS) is 18.0. The van der Waals surface area contributed by atoms with Gasteiger partial charge in [0, 0.05) is 12.1 Å². The Morgan fingerprint density at radius 3 is 2.43 bits per heavy atom. The summed E-state index contributed by atoms with van der Waals surface area (Å²) in [4.78, 5) is 12.9. The van der Waals surface area contributed by atoms with Crippen molar-refractivity contribution in [2.45, 2.75) is 37.1 Å². The summed E-state index contributed by atoms with van der Waals surface area (Å²) in [5, 5.41) is 4.87. The molecule has 1 aromatic carbocycles. The molecule has 2 N–H and O–H groups in total. The van der Waals surface area contributed by atoms with Crippen LogP contribution in [0.25, 0.3) is 0 Å². The summed E-state index contributed by atoms with van der Waals surface area (Å²) in [5.74, 6) is -3.41. The molecule has 0 unspecified atom stereocenters. The zero-order valence-corrected chi connectivity index (χ0v) is 12.5. The Hall–Kier alpha value is -1.54. The number of nitrogens with zero attached hydrogens (tertiary/aromatic N) is 1. The van der Waals surface area contributed by atoms with Crippen LogP contribution in [0.2, 0.25) is 0 Å². The molecule has 0 saturated carbocycles. The Bertz CT molecular complexity index is 702. The minimum Gasteiger partial charge on any atom is -0.333 e. The van der Waals surface area contributed by atoms with Crippen molar-refractivity contribution in [2.75, 3.05) is 6.54 Å². The maximum Gasteiger partial charge on any atom is 0.260 e. The van der Waals surface area contributed by atoms with Crippen molar-refractivity contribution in [1.29, 1.82) is 0 Å². The number of amides is 1. The van der Waals surface area contributed by atoms with Crippen LogP contribution in [-0.2, 0) is 10.0 Å². The van der Waals surface area contributed by atoms with Gasteiger partial charge in [-0.05, 0) is 38.8 Å². The van der Waals surface area contributed by atoms with Crippen LogP contribution in [0.4, 0.5) is 8.78 Å². The lowest BCUT2D eigenvalue weighted by molar-refractivity contribution is 0.0641. The van der Waals surface area contributed by atoms with Crippen molar-refractivity contribution in [3.05, 3.63) is 29.3 Å². The average Bonchev–Trinajstić information content (AvgIpc) is 2.66. The Morgan fingerprint density at radius 1 is 1.33 bits per heavy atom. The SMILES string of the molecule is CC1(C)CCCN1C(=O)c1c(F)ccc(S(N)(=O)=O)c1F. The summed E-state index contributed by atoms with van der Waals surface area (Å²) in [7, 11) is -4.37. The summed E-state index contributed by atoms with van der Waals surface area (Å²) >= 11 is 0. The minimum atomic E-state index is -4.37. The molecule has 1 heterocycles. The van der Waals surface area contributed by atoms with Gasteiger partial charge >= 0.3 is 0 Å². The number of carbonyl (C=O) groups is 1. The molecular formula is C13H16F2N2O3S. The fourth-order valence-electron chi connectivity index (χ4n) is 2.57. The fourth-order valence-corrected chi connectivity index (χ4v) is 3.18. The molecule has 0 bridgehead atoms. The van der Waals surface area contributed by atoms with Gasteiger partial charge in [0.1, 0.15) is 16.3 Å². The molecule has 1 aliphatic rings. The zero-order valence-electron chi connectivity index (χ0n) is 11.7. The highest BCUT2D eigenvalue weighted by atomic mass is 32.2. The molecular weight excluding hydrogens is 302 g/mol. The van der Waals surface area contributed by atoms with E-state index in [0.717, 1.165) is 12.5 Å². The number of sulfonamides is 1. The topological polar surface area (TPSA) is 80.5 Å². The fraction of sp³-hybridized carbons (Fsp3) is 0.462. The van der Waals surface area contributed by atoms with Gasteiger partial charge < -0.3 is 4.90 Å². The van der Waals surface area contributed by atoms with Gasteiger partial charge in [-0.3, -0.25) is 4.79 Å². The number of rotatable bonds is 2. The van der Waals surface area contributed by atoms with Gasteiger partial charge in [0.05, 0.1) is 0 Å². The molecule has 1 fully saturated rings. The molecule has 1 aliphatic heterocycles. The molecule has 5 nitrogen and oxygen atoms in total. The van der Waals surface area contributed by atoms with Gasteiger partial charge in [0.15, 0.2) is 5.82 Å². The maximum atomic E-state index is 14.2. The Morgan fingerprint density at radius 2 is 1.95 bits per heavy atom. The summed E-state index contributed by atoms with van der Waals surface area (Å²) in [6, 6.07) is 1.45. The second kappa shape index (κ2) is 5.03. The van der Waals surface area contributed by atoms with Crippen LogP contribution in [0.1, 0.15) is 37.0 Å².